The highest BCUT2D eigenvalue weighted by atomic mass is 32.2. The quantitative estimate of drug-likeness (QED) is 0.527. The van der Waals surface area contributed by atoms with Crippen LogP contribution in [0, 0.1) is 11.3 Å². The lowest BCUT2D eigenvalue weighted by Crippen LogP contribution is -2.02. The van der Waals surface area contributed by atoms with Gasteiger partial charge in [-0.05, 0) is 18.4 Å². The average Bonchev–Trinajstić information content (AvgIpc) is 2.97. The molecule has 0 saturated heterocycles. The van der Waals surface area contributed by atoms with Crippen LogP contribution < -0.4 is 0 Å². The summed E-state index contributed by atoms with van der Waals surface area (Å²) in [6.45, 7) is 0. The molecular weight excluding hydrogens is 334 g/mol. The van der Waals surface area contributed by atoms with Crippen LogP contribution in [0.1, 0.15) is 5.56 Å². The smallest absolute Gasteiger partial charge is 0.187 e. The third kappa shape index (κ3) is 2.67. The second-order valence-corrected chi connectivity index (χ2v) is 7.47. The van der Waals surface area contributed by atoms with Crippen molar-refractivity contribution in [2.75, 3.05) is 12.5 Å². The number of fused-ring (bicyclic) bond motifs is 1. The van der Waals surface area contributed by atoms with Gasteiger partial charge < -0.3 is 0 Å². The summed E-state index contributed by atoms with van der Waals surface area (Å²) in [5, 5.41) is 9.80. The fourth-order valence-electron chi connectivity index (χ4n) is 2.19. The minimum atomic E-state index is -3.41. The Morgan fingerprint density at radius 2 is 2.09 bits per heavy atom. The van der Waals surface area contributed by atoms with Crippen molar-refractivity contribution >= 4 is 27.2 Å². The number of hydrogen-bond donors (Lipinski definition) is 0. The monoisotopic (exact) mass is 345 g/mol. The van der Waals surface area contributed by atoms with E-state index in [0.717, 1.165) is 6.26 Å². The number of sulfone groups is 1. The molecule has 0 aliphatic carbocycles. The molecule has 0 N–H and O–H groups in total. The highest BCUT2D eigenvalue weighted by Gasteiger charge is 2.18. The predicted octanol–water partition coefficient (Wildman–Crippen LogP) is 1.79. The molecule has 0 spiro atoms. The number of rotatable bonds is 3. The Hall–Kier alpha value is -2.44. The second-order valence-electron chi connectivity index (χ2n) is 4.71. The van der Waals surface area contributed by atoms with Gasteiger partial charge in [-0.2, -0.15) is 5.26 Å². The standard InChI is InChI=1S/C14H11N5O2S2/c1-22-14-17-7-9(6-15)12(18-14)10-8-16-13-11(23(2,20)21)4-3-5-19(10)13/h3-5,7-8H,1-2H3. The average molecular weight is 345 g/mol. The number of pyridine rings is 1. The Morgan fingerprint density at radius 3 is 2.74 bits per heavy atom. The molecule has 0 aromatic carbocycles. The zero-order chi connectivity index (χ0) is 16.6. The number of thioether (sulfide) groups is 1. The maximum Gasteiger partial charge on any atom is 0.187 e. The molecule has 3 heterocycles. The first-order valence-corrected chi connectivity index (χ1v) is 9.55. The molecule has 0 unspecified atom stereocenters. The second kappa shape index (κ2) is 5.64. The largest absolute Gasteiger partial charge is 0.297 e. The molecule has 116 valence electrons. The fraction of sp³-hybridized carbons (Fsp3) is 0.143. The maximum absolute atomic E-state index is 11.9. The lowest BCUT2D eigenvalue weighted by molar-refractivity contribution is 0.602. The van der Waals surface area contributed by atoms with Gasteiger partial charge in [0, 0.05) is 18.6 Å². The zero-order valence-electron chi connectivity index (χ0n) is 12.3. The van der Waals surface area contributed by atoms with Crippen LogP contribution in [0.5, 0.6) is 0 Å². The van der Waals surface area contributed by atoms with Crippen molar-refractivity contribution in [3.05, 3.63) is 36.3 Å². The molecule has 0 aliphatic rings. The van der Waals surface area contributed by atoms with Crippen molar-refractivity contribution in [3.63, 3.8) is 0 Å². The summed E-state index contributed by atoms with van der Waals surface area (Å²) in [5.74, 6) is 0. The summed E-state index contributed by atoms with van der Waals surface area (Å²) in [4.78, 5) is 12.8. The van der Waals surface area contributed by atoms with Crippen LogP contribution >= 0.6 is 11.8 Å². The zero-order valence-corrected chi connectivity index (χ0v) is 13.9. The van der Waals surface area contributed by atoms with Crippen molar-refractivity contribution in [2.45, 2.75) is 10.1 Å². The van der Waals surface area contributed by atoms with Gasteiger partial charge in [-0.15, -0.1) is 0 Å². The van der Waals surface area contributed by atoms with Gasteiger partial charge in [0.15, 0.2) is 20.6 Å². The van der Waals surface area contributed by atoms with Crippen LogP contribution in [0.3, 0.4) is 0 Å². The van der Waals surface area contributed by atoms with Gasteiger partial charge in [0.25, 0.3) is 0 Å². The summed E-state index contributed by atoms with van der Waals surface area (Å²) in [6.07, 6.45) is 7.62. The van der Waals surface area contributed by atoms with Gasteiger partial charge in [-0.25, -0.2) is 23.4 Å². The highest BCUT2D eigenvalue weighted by molar-refractivity contribution is 7.98. The van der Waals surface area contributed by atoms with E-state index in [1.807, 2.05) is 6.26 Å². The minimum Gasteiger partial charge on any atom is -0.297 e. The lowest BCUT2D eigenvalue weighted by atomic mass is 10.2. The van der Waals surface area contributed by atoms with E-state index >= 15 is 0 Å². The van der Waals surface area contributed by atoms with E-state index in [0.29, 0.717) is 27.8 Å². The molecule has 0 saturated carbocycles. The molecule has 0 radical (unpaired) electrons. The normalized spacial score (nSPS) is 11.5. The summed E-state index contributed by atoms with van der Waals surface area (Å²) < 4.78 is 25.4. The number of nitrogens with zero attached hydrogens (tertiary/aromatic N) is 5. The molecule has 0 atom stereocenters. The fourth-order valence-corrected chi connectivity index (χ4v) is 3.34. The molecule has 23 heavy (non-hydrogen) atoms. The number of nitriles is 1. The summed E-state index contributed by atoms with van der Waals surface area (Å²) in [6, 6.07) is 5.17. The van der Waals surface area contributed by atoms with Crippen LogP contribution in [0.4, 0.5) is 0 Å². The first-order chi connectivity index (χ1) is 11.0. The van der Waals surface area contributed by atoms with E-state index in [1.54, 1.807) is 16.7 Å². The number of imidazole rings is 1. The molecule has 9 heteroatoms. The predicted molar refractivity (Wildman–Crippen MR) is 85.8 cm³/mol. The molecule has 3 rings (SSSR count). The SMILES string of the molecule is CSc1ncc(C#N)c(-c2cnc3c(S(C)(=O)=O)cccn23)n1. The summed E-state index contributed by atoms with van der Waals surface area (Å²) >= 11 is 1.36. The maximum atomic E-state index is 11.9. The van der Waals surface area contributed by atoms with Crippen LogP contribution in [-0.2, 0) is 9.84 Å². The van der Waals surface area contributed by atoms with Crippen molar-refractivity contribution in [1.29, 1.82) is 5.26 Å². The van der Waals surface area contributed by atoms with Crippen molar-refractivity contribution in [3.8, 4) is 17.5 Å². The van der Waals surface area contributed by atoms with Gasteiger partial charge in [-0.1, -0.05) is 11.8 Å². The Labute approximate surface area is 137 Å². The Bertz CT molecular complexity index is 1050. The highest BCUT2D eigenvalue weighted by Crippen LogP contribution is 2.26. The van der Waals surface area contributed by atoms with Gasteiger partial charge in [0.1, 0.15) is 16.7 Å². The van der Waals surface area contributed by atoms with E-state index in [4.69, 9.17) is 0 Å². The van der Waals surface area contributed by atoms with E-state index < -0.39 is 9.84 Å². The van der Waals surface area contributed by atoms with E-state index in [-0.39, 0.29) is 4.90 Å². The number of hydrogen-bond acceptors (Lipinski definition) is 7. The molecule has 3 aromatic rings. The number of aromatic nitrogens is 4. The minimum absolute atomic E-state index is 0.129. The molecule has 0 amide bonds. The first kappa shape index (κ1) is 15.5. The van der Waals surface area contributed by atoms with Crippen molar-refractivity contribution in [1.82, 2.24) is 19.4 Å². The molecule has 7 nitrogen and oxygen atoms in total. The van der Waals surface area contributed by atoms with Gasteiger partial charge in [0.05, 0.1) is 17.5 Å². The third-order valence-electron chi connectivity index (χ3n) is 3.21. The Balaban J connectivity index is 2.34. The topological polar surface area (TPSA) is 101 Å². The Kier molecular flexibility index (Phi) is 3.79. The van der Waals surface area contributed by atoms with E-state index in [1.165, 1.54) is 30.2 Å². The lowest BCUT2D eigenvalue weighted by Gasteiger charge is -2.06. The summed E-state index contributed by atoms with van der Waals surface area (Å²) in [5.41, 5.74) is 1.57. The van der Waals surface area contributed by atoms with Crippen molar-refractivity contribution < 1.29 is 8.42 Å². The van der Waals surface area contributed by atoms with Gasteiger partial charge in [0.2, 0.25) is 0 Å². The Morgan fingerprint density at radius 1 is 1.30 bits per heavy atom. The van der Waals surface area contributed by atoms with Crippen LogP contribution in [0.25, 0.3) is 17.0 Å². The molecule has 0 bridgehead atoms. The van der Waals surface area contributed by atoms with Crippen LogP contribution in [0.2, 0.25) is 0 Å². The van der Waals surface area contributed by atoms with Gasteiger partial charge in [-0.3, -0.25) is 4.40 Å². The van der Waals surface area contributed by atoms with Crippen LogP contribution in [-0.4, -0.2) is 40.3 Å². The van der Waals surface area contributed by atoms with Gasteiger partial charge >= 0.3 is 0 Å². The van der Waals surface area contributed by atoms with Crippen molar-refractivity contribution in [2.24, 2.45) is 0 Å². The van der Waals surface area contributed by atoms with E-state index in [2.05, 4.69) is 21.0 Å². The molecule has 0 fully saturated rings. The molecule has 3 aromatic heterocycles. The molecular formula is C14H11N5O2S2. The van der Waals surface area contributed by atoms with Crippen LogP contribution in [0.15, 0.2) is 40.8 Å². The first-order valence-electron chi connectivity index (χ1n) is 6.43. The summed E-state index contributed by atoms with van der Waals surface area (Å²) in [7, 11) is -3.41. The van der Waals surface area contributed by atoms with E-state index in [9.17, 15) is 13.7 Å². The molecule has 0 aliphatic heterocycles. The third-order valence-corrected chi connectivity index (χ3v) is 4.89.